The Morgan fingerprint density at radius 2 is 2.19 bits per heavy atom. The zero-order chi connectivity index (χ0) is 15.4. The Morgan fingerprint density at radius 1 is 1.48 bits per heavy atom. The van der Waals surface area contributed by atoms with Crippen molar-refractivity contribution < 1.29 is 18.7 Å². The molecule has 1 saturated heterocycles. The fourth-order valence-electron chi connectivity index (χ4n) is 1.71. The lowest BCUT2D eigenvalue weighted by Gasteiger charge is -2.12. The van der Waals surface area contributed by atoms with Crippen molar-refractivity contribution in [3.63, 3.8) is 0 Å². The van der Waals surface area contributed by atoms with Crippen molar-refractivity contribution in [1.82, 2.24) is 4.90 Å². The molecule has 0 bridgehead atoms. The molecule has 4 nitrogen and oxygen atoms in total. The van der Waals surface area contributed by atoms with Gasteiger partial charge in [-0.25, -0.2) is 4.39 Å². The van der Waals surface area contributed by atoms with Crippen LogP contribution in [0.5, 0.6) is 0 Å². The van der Waals surface area contributed by atoms with Crippen molar-refractivity contribution >= 4 is 46.3 Å². The maximum atomic E-state index is 13.6. The van der Waals surface area contributed by atoms with E-state index < -0.39 is 17.7 Å². The molecule has 0 atom stereocenters. The van der Waals surface area contributed by atoms with Crippen LogP contribution in [0.1, 0.15) is 12.5 Å². The van der Waals surface area contributed by atoms with Crippen LogP contribution in [0, 0.1) is 5.82 Å². The number of hydrogen-bond donors (Lipinski definition) is 0. The molecule has 0 unspecified atom stereocenters. The first-order valence-corrected chi connectivity index (χ1v) is 7.41. The number of carbonyl (C=O) groups is 2. The predicted octanol–water partition coefficient (Wildman–Crippen LogP) is 2.59. The quantitative estimate of drug-likeness (QED) is 0.484. The molecule has 2 rings (SSSR count). The van der Waals surface area contributed by atoms with E-state index in [2.05, 4.69) is 0 Å². The fourth-order valence-corrected chi connectivity index (χ4v) is 2.95. The van der Waals surface area contributed by atoms with Crippen molar-refractivity contribution in [2.45, 2.75) is 6.92 Å². The van der Waals surface area contributed by atoms with Gasteiger partial charge in [0.15, 0.2) is 0 Å². The number of thioether (sulfide) groups is 1. The molecule has 0 radical (unpaired) electrons. The Kier molecular flexibility index (Phi) is 5.08. The minimum atomic E-state index is -0.527. The Balaban J connectivity index is 2.18. The number of thiocarbonyl (C=S) groups is 1. The van der Waals surface area contributed by atoms with Crippen molar-refractivity contribution in [1.29, 1.82) is 0 Å². The number of nitrogens with zero attached hydrogens (tertiary/aromatic N) is 1. The number of ether oxygens (including phenoxy) is 1. The Hall–Kier alpha value is -1.73. The highest BCUT2D eigenvalue weighted by atomic mass is 32.2. The largest absolute Gasteiger partial charge is 0.465 e. The summed E-state index contributed by atoms with van der Waals surface area (Å²) in [5.41, 5.74) is 0.300. The number of carbonyl (C=O) groups excluding carboxylic acids is 2. The molecule has 1 aliphatic heterocycles. The molecule has 0 spiro atoms. The molecule has 0 aliphatic carbocycles. The van der Waals surface area contributed by atoms with E-state index in [0.29, 0.717) is 5.56 Å². The molecule has 1 heterocycles. The molecule has 0 aromatic heterocycles. The summed E-state index contributed by atoms with van der Waals surface area (Å²) in [4.78, 5) is 25.1. The first-order valence-electron chi connectivity index (χ1n) is 6.18. The molecule has 0 N–H and O–H groups in total. The van der Waals surface area contributed by atoms with E-state index in [1.54, 1.807) is 25.1 Å². The average molecular weight is 325 g/mol. The van der Waals surface area contributed by atoms with Crippen LogP contribution >= 0.6 is 24.0 Å². The molecule has 110 valence electrons. The molecule has 1 aromatic rings. The van der Waals surface area contributed by atoms with E-state index in [1.165, 1.54) is 12.1 Å². The standard InChI is InChI=1S/C14H12FNO3S2/c1-2-19-12(17)8-16-13(18)11(21-14(16)20)7-9-5-3-4-6-10(9)15/h3-7H,2,8H2,1H3/b11-7-. The second-order valence-electron chi connectivity index (χ2n) is 4.09. The van der Waals surface area contributed by atoms with E-state index in [1.807, 2.05) is 0 Å². The molecular formula is C14H12FNO3S2. The minimum Gasteiger partial charge on any atom is -0.465 e. The summed E-state index contributed by atoms with van der Waals surface area (Å²) in [5, 5.41) is 0. The number of benzene rings is 1. The number of hydrogen-bond acceptors (Lipinski definition) is 5. The normalized spacial score (nSPS) is 16.7. The van der Waals surface area contributed by atoms with Crippen LogP contribution in [0.15, 0.2) is 29.2 Å². The summed E-state index contributed by atoms with van der Waals surface area (Å²) in [5.74, 6) is -1.37. The topological polar surface area (TPSA) is 46.6 Å². The van der Waals surface area contributed by atoms with Crippen LogP contribution in [-0.4, -0.2) is 34.2 Å². The van der Waals surface area contributed by atoms with Crippen LogP contribution in [0.25, 0.3) is 6.08 Å². The third kappa shape index (κ3) is 3.68. The van der Waals surface area contributed by atoms with Gasteiger partial charge in [-0.05, 0) is 19.1 Å². The first kappa shape index (κ1) is 15.7. The van der Waals surface area contributed by atoms with Gasteiger partial charge in [0.2, 0.25) is 0 Å². The van der Waals surface area contributed by atoms with Gasteiger partial charge in [-0.2, -0.15) is 0 Å². The van der Waals surface area contributed by atoms with Gasteiger partial charge in [0.1, 0.15) is 16.7 Å². The summed E-state index contributed by atoms with van der Waals surface area (Å²) in [6, 6.07) is 6.12. The van der Waals surface area contributed by atoms with Gasteiger partial charge in [-0.1, -0.05) is 42.2 Å². The molecule has 1 aliphatic rings. The van der Waals surface area contributed by atoms with Crippen molar-refractivity contribution in [2.24, 2.45) is 0 Å². The lowest BCUT2D eigenvalue weighted by atomic mass is 10.2. The minimum absolute atomic E-state index is 0.229. The van der Waals surface area contributed by atoms with Gasteiger partial charge in [-0.3, -0.25) is 14.5 Å². The van der Waals surface area contributed by atoms with E-state index in [-0.39, 0.29) is 22.4 Å². The fraction of sp³-hybridized carbons (Fsp3) is 0.214. The molecule has 1 aromatic carbocycles. The SMILES string of the molecule is CCOC(=O)CN1C(=O)/C(=C/c2ccccc2F)SC1=S. The molecular weight excluding hydrogens is 313 g/mol. The first-order chi connectivity index (χ1) is 10.0. The number of amides is 1. The summed E-state index contributed by atoms with van der Waals surface area (Å²) in [6.07, 6.45) is 1.43. The average Bonchev–Trinajstić information content (AvgIpc) is 2.69. The maximum Gasteiger partial charge on any atom is 0.326 e. The summed E-state index contributed by atoms with van der Waals surface area (Å²) in [6.45, 7) is 1.69. The van der Waals surface area contributed by atoms with Crippen LogP contribution in [0.2, 0.25) is 0 Å². The van der Waals surface area contributed by atoms with E-state index in [0.717, 1.165) is 16.7 Å². The van der Waals surface area contributed by atoms with E-state index in [9.17, 15) is 14.0 Å². The third-order valence-corrected chi connectivity index (χ3v) is 4.04. The monoisotopic (exact) mass is 325 g/mol. The summed E-state index contributed by atoms with van der Waals surface area (Å²) >= 11 is 6.11. The van der Waals surface area contributed by atoms with Crippen molar-refractivity contribution in [2.75, 3.05) is 13.2 Å². The number of rotatable bonds is 4. The summed E-state index contributed by atoms with van der Waals surface area (Å²) in [7, 11) is 0. The van der Waals surface area contributed by atoms with E-state index in [4.69, 9.17) is 17.0 Å². The Morgan fingerprint density at radius 3 is 2.86 bits per heavy atom. The highest BCUT2D eigenvalue weighted by molar-refractivity contribution is 8.26. The molecule has 7 heteroatoms. The van der Waals surface area contributed by atoms with Gasteiger partial charge < -0.3 is 4.74 Å². The lowest BCUT2D eigenvalue weighted by molar-refractivity contribution is -0.145. The van der Waals surface area contributed by atoms with Crippen LogP contribution < -0.4 is 0 Å². The van der Waals surface area contributed by atoms with Crippen molar-refractivity contribution in [3.05, 3.63) is 40.6 Å². The van der Waals surface area contributed by atoms with Gasteiger partial charge in [0.25, 0.3) is 5.91 Å². The van der Waals surface area contributed by atoms with Gasteiger partial charge in [0, 0.05) is 5.56 Å². The van der Waals surface area contributed by atoms with Crippen molar-refractivity contribution in [3.8, 4) is 0 Å². The Bertz CT molecular complexity index is 630. The lowest BCUT2D eigenvalue weighted by Crippen LogP contribution is -2.34. The van der Waals surface area contributed by atoms with Gasteiger partial charge in [0.05, 0.1) is 11.5 Å². The van der Waals surface area contributed by atoms with Crippen LogP contribution in [0.4, 0.5) is 4.39 Å². The van der Waals surface area contributed by atoms with Gasteiger partial charge >= 0.3 is 5.97 Å². The van der Waals surface area contributed by atoms with Crippen LogP contribution in [-0.2, 0) is 14.3 Å². The van der Waals surface area contributed by atoms with Crippen LogP contribution in [0.3, 0.4) is 0 Å². The molecule has 1 fully saturated rings. The predicted molar refractivity (Wildman–Crippen MR) is 82.9 cm³/mol. The second-order valence-corrected chi connectivity index (χ2v) is 5.77. The van der Waals surface area contributed by atoms with E-state index >= 15 is 0 Å². The van der Waals surface area contributed by atoms with Gasteiger partial charge in [-0.15, -0.1) is 0 Å². The molecule has 1 amide bonds. The number of esters is 1. The highest BCUT2D eigenvalue weighted by Crippen LogP contribution is 2.32. The Labute approximate surface area is 130 Å². The smallest absolute Gasteiger partial charge is 0.326 e. The number of halogens is 1. The molecule has 0 saturated carbocycles. The maximum absolute atomic E-state index is 13.6. The zero-order valence-electron chi connectivity index (χ0n) is 11.2. The third-order valence-electron chi connectivity index (χ3n) is 2.66. The second kappa shape index (κ2) is 6.82. The molecule has 21 heavy (non-hydrogen) atoms. The summed E-state index contributed by atoms with van der Waals surface area (Å²) < 4.78 is 18.6. The zero-order valence-corrected chi connectivity index (χ0v) is 12.8. The highest BCUT2D eigenvalue weighted by Gasteiger charge is 2.33.